The second kappa shape index (κ2) is 4.81. The zero-order valence-electron chi connectivity index (χ0n) is 10.8. The van der Waals surface area contributed by atoms with Crippen molar-refractivity contribution < 1.29 is 14.7 Å². The summed E-state index contributed by atoms with van der Waals surface area (Å²) < 4.78 is 5.29. The molecule has 1 rings (SSSR count). The van der Waals surface area contributed by atoms with E-state index in [4.69, 9.17) is 15.7 Å². The predicted octanol–water partition coefficient (Wildman–Crippen LogP) is 1.38. The number of ether oxygens (including phenoxy) is 1. The van der Waals surface area contributed by atoms with E-state index in [-0.39, 0.29) is 11.9 Å². The highest BCUT2D eigenvalue weighted by Crippen LogP contribution is 2.25. The third-order valence-corrected chi connectivity index (χ3v) is 2.60. The maximum atomic E-state index is 11.9. The van der Waals surface area contributed by atoms with Crippen molar-refractivity contribution in [3.05, 3.63) is 0 Å². The van der Waals surface area contributed by atoms with Crippen LogP contribution in [0.1, 0.15) is 34.1 Å². The predicted molar refractivity (Wildman–Crippen MR) is 63.9 cm³/mol. The van der Waals surface area contributed by atoms with Gasteiger partial charge in [0.05, 0.1) is 6.04 Å². The molecule has 98 valence electrons. The van der Waals surface area contributed by atoms with Gasteiger partial charge in [-0.25, -0.2) is 4.79 Å². The fraction of sp³-hybridized carbons (Fsp3) is 0.818. The molecule has 0 aliphatic carbocycles. The van der Waals surface area contributed by atoms with E-state index in [0.29, 0.717) is 18.9 Å². The van der Waals surface area contributed by atoms with Crippen molar-refractivity contribution in [1.29, 1.82) is 0 Å². The van der Waals surface area contributed by atoms with E-state index in [1.165, 1.54) is 4.90 Å². The minimum atomic E-state index is -0.543. The van der Waals surface area contributed by atoms with Crippen LogP contribution in [-0.4, -0.2) is 40.2 Å². The lowest BCUT2D eigenvalue weighted by atomic mass is 10.1. The molecule has 1 saturated heterocycles. The van der Waals surface area contributed by atoms with Crippen LogP contribution in [0.4, 0.5) is 4.79 Å². The van der Waals surface area contributed by atoms with Gasteiger partial charge < -0.3 is 15.7 Å². The van der Waals surface area contributed by atoms with Crippen LogP contribution in [0.5, 0.6) is 0 Å². The third-order valence-electron chi connectivity index (χ3n) is 2.60. The van der Waals surface area contributed by atoms with Crippen LogP contribution in [0.3, 0.4) is 0 Å². The molecule has 0 saturated carbocycles. The number of hydrogen-bond acceptors (Lipinski definition) is 4. The molecule has 6 heteroatoms. The molecule has 0 aromatic rings. The molecule has 2 atom stereocenters. The lowest BCUT2D eigenvalue weighted by Crippen LogP contribution is -2.46. The van der Waals surface area contributed by atoms with Gasteiger partial charge in [0.25, 0.3) is 0 Å². The molecule has 1 heterocycles. The Balaban J connectivity index is 2.77. The van der Waals surface area contributed by atoms with Gasteiger partial charge in [-0.1, -0.05) is 12.1 Å². The van der Waals surface area contributed by atoms with E-state index in [0.717, 1.165) is 0 Å². The number of amides is 1. The first-order valence-electron chi connectivity index (χ1n) is 5.71. The largest absolute Gasteiger partial charge is 0.444 e. The topological polar surface area (TPSA) is 88.2 Å². The van der Waals surface area contributed by atoms with Crippen molar-refractivity contribution in [3.63, 3.8) is 0 Å². The Kier molecular flexibility index (Phi) is 3.85. The summed E-state index contributed by atoms with van der Waals surface area (Å²) in [4.78, 5) is 13.5. The van der Waals surface area contributed by atoms with Crippen LogP contribution in [0, 0.1) is 5.92 Å². The van der Waals surface area contributed by atoms with E-state index >= 15 is 0 Å². The van der Waals surface area contributed by atoms with Gasteiger partial charge in [0.2, 0.25) is 0 Å². The number of nitrogens with zero attached hydrogens (tertiary/aromatic N) is 2. The molecule has 1 amide bonds. The Bertz CT molecular complexity index is 322. The Morgan fingerprint density at radius 2 is 2.12 bits per heavy atom. The maximum absolute atomic E-state index is 11.9. The van der Waals surface area contributed by atoms with Crippen LogP contribution < -0.4 is 5.73 Å². The molecule has 0 unspecified atom stereocenters. The number of hydrogen-bond donors (Lipinski definition) is 2. The standard InChI is InChI=1S/C11H21N3O3/c1-7-5-8(9(12)13-16)14(6-7)10(15)17-11(2,3)4/h7-8,16H,5-6H2,1-4H3,(H2,12,13)/t7-,8+/m1/s1. The maximum Gasteiger partial charge on any atom is 0.410 e. The van der Waals surface area contributed by atoms with Gasteiger partial charge in [-0.3, -0.25) is 4.90 Å². The second-order valence-corrected chi connectivity index (χ2v) is 5.51. The molecule has 0 radical (unpaired) electrons. The minimum absolute atomic E-state index is 0.0557. The average Bonchev–Trinajstić information content (AvgIpc) is 2.56. The smallest absolute Gasteiger partial charge is 0.410 e. The van der Waals surface area contributed by atoms with Crippen molar-refractivity contribution in [1.82, 2.24) is 4.90 Å². The van der Waals surface area contributed by atoms with Gasteiger partial charge in [0, 0.05) is 6.54 Å². The quantitative estimate of drug-likeness (QED) is 0.315. The molecule has 1 aliphatic heterocycles. The normalized spacial score (nSPS) is 26.1. The Labute approximate surface area is 101 Å². The SMILES string of the molecule is C[C@@H]1C[C@@H](/C(N)=N/O)N(C(=O)OC(C)(C)C)C1. The molecule has 0 aromatic heterocycles. The van der Waals surface area contributed by atoms with Gasteiger partial charge in [0.15, 0.2) is 5.84 Å². The number of likely N-dealkylation sites (tertiary alicyclic amines) is 1. The molecule has 6 nitrogen and oxygen atoms in total. The molecule has 0 spiro atoms. The molecular weight excluding hydrogens is 222 g/mol. The number of amidine groups is 1. The van der Waals surface area contributed by atoms with Gasteiger partial charge in [-0.2, -0.15) is 0 Å². The molecule has 1 aliphatic rings. The third kappa shape index (κ3) is 3.51. The summed E-state index contributed by atoms with van der Waals surface area (Å²) in [5, 5.41) is 11.7. The first kappa shape index (κ1) is 13.6. The Morgan fingerprint density at radius 1 is 1.53 bits per heavy atom. The minimum Gasteiger partial charge on any atom is -0.444 e. The molecule has 3 N–H and O–H groups in total. The fourth-order valence-corrected chi connectivity index (χ4v) is 1.92. The van der Waals surface area contributed by atoms with Crippen LogP contribution in [-0.2, 0) is 4.74 Å². The van der Waals surface area contributed by atoms with Crippen molar-refractivity contribution in [2.24, 2.45) is 16.8 Å². The van der Waals surface area contributed by atoms with E-state index in [2.05, 4.69) is 5.16 Å². The molecule has 1 fully saturated rings. The van der Waals surface area contributed by atoms with Crippen LogP contribution >= 0.6 is 0 Å². The average molecular weight is 243 g/mol. The van der Waals surface area contributed by atoms with Gasteiger partial charge in [-0.15, -0.1) is 0 Å². The van der Waals surface area contributed by atoms with E-state index < -0.39 is 11.7 Å². The first-order chi connectivity index (χ1) is 7.74. The van der Waals surface area contributed by atoms with Crippen molar-refractivity contribution >= 4 is 11.9 Å². The van der Waals surface area contributed by atoms with Gasteiger partial charge >= 0.3 is 6.09 Å². The lowest BCUT2D eigenvalue weighted by molar-refractivity contribution is 0.0259. The summed E-state index contributed by atoms with van der Waals surface area (Å²) in [7, 11) is 0. The number of nitrogens with two attached hydrogens (primary N) is 1. The van der Waals surface area contributed by atoms with Crippen LogP contribution in [0.2, 0.25) is 0 Å². The fourth-order valence-electron chi connectivity index (χ4n) is 1.92. The van der Waals surface area contributed by atoms with Crippen LogP contribution in [0.25, 0.3) is 0 Å². The second-order valence-electron chi connectivity index (χ2n) is 5.51. The lowest BCUT2D eigenvalue weighted by Gasteiger charge is -2.27. The highest BCUT2D eigenvalue weighted by Gasteiger charge is 2.38. The van der Waals surface area contributed by atoms with Crippen LogP contribution in [0.15, 0.2) is 5.16 Å². The number of carbonyl (C=O) groups is 1. The summed E-state index contributed by atoms with van der Waals surface area (Å²) in [6.07, 6.45) is 0.272. The molecule has 0 aromatic carbocycles. The van der Waals surface area contributed by atoms with Gasteiger partial charge in [0.1, 0.15) is 5.60 Å². The van der Waals surface area contributed by atoms with Crippen molar-refractivity contribution in [3.8, 4) is 0 Å². The number of carbonyl (C=O) groups excluding carboxylic acids is 1. The number of oxime groups is 1. The number of rotatable bonds is 1. The first-order valence-corrected chi connectivity index (χ1v) is 5.71. The summed E-state index contributed by atoms with van der Waals surface area (Å²) in [6.45, 7) is 8.01. The van der Waals surface area contributed by atoms with E-state index in [9.17, 15) is 4.79 Å². The van der Waals surface area contributed by atoms with Gasteiger partial charge in [-0.05, 0) is 33.1 Å². The van der Waals surface area contributed by atoms with Crippen molar-refractivity contribution in [2.75, 3.05) is 6.54 Å². The summed E-state index contributed by atoms with van der Waals surface area (Å²) in [5.74, 6) is 0.369. The zero-order chi connectivity index (χ0) is 13.2. The summed E-state index contributed by atoms with van der Waals surface area (Å²) in [5.41, 5.74) is 5.04. The molecular formula is C11H21N3O3. The highest BCUT2D eigenvalue weighted by atomic mass is 16.6. The monoisotopic (exact) mass is 243 g/mol. The van der Waals surface area contributed by atoms with E-state index in [1.807, 2.05) is 27.7 Å². The summed E-state index contributed by atoms with van der Waals surface area (Å²) in [6, 6.07) is -0.371. The van der Waals surface area contributed by atoms with Crippen molar-refractivity contribution in [2.45, 2.75) is 45.8 Å². The zero-order valence-corrected chi connectivity index (χ0v) is 10.8. The summed E-state index contributed by atoms with van der Waals surface area (Å²) >= 11 is 0. The molecule has 17 heavy (non-hydrogen) atoms. The Morgan fingerprint density at radius 3 is 2.59 bits per heavy atom. The highest BCUT2D eigenvalue weighted by molar-refractivity contribution is 5.89. The molecule has 0 bridgehead atoms. The Hall–Kier alpha value is -1.46. The van der Waals surface area contributed by atoms with E-state index in [1.54, 1.807) is 0 Å².